The Labute approximate surface area is 146 Å². The van der Waals surface area contributed by atoms with Crippen LogP contribution in [0.25, 0.3) is 5.82 Å². The van der Waals surface area contributed by atoms with E-state index >= 15 is 0 Å². The van der Waals surface area contributed by atoms with Crippen LogP contribution in [0.4, 0.5) is 0 Å². The number of methoxy groups -OCH3 is 1. The maximum absolute atomic E-state index is 13.0. The molecular weight excluding hydrogens is 322 g/mol. The summed E-state index contributed by atoms with van der Waals surface area (Å²) in [6.07, 6.45) is 2.32. The van der Waals surface area contributed by atoms with Crippen LogP contribution in [-0.4, -0.2) is 63.2 Å². The van der Waals surface area contributed by atoms with E-state index in [-0.39, 0.29) is 18.1 Å². The van der Waals surface area contributed by atoms with E-state index < -0.39 is 0 Å². The van der Waals surface area contributed by atoms with Crippen LogP contribution in [0.1, 0.15) is 36.8 Å². The van der Waals surface area contributed by atoms with Gasteiger partial charge in [0.2, 0.25) is 5.88 Å². The lowest BCUT2D eigenvalue weighted by atomic mass is 10.1. The molecule has 0 saturated carbocycles. The monoisotopic (exact) mass is 345 g/mol. The smallest absolute Gasteiger partial charge is 0.257 e. The van der Waals surface area contributed by atoms with E-state index in [1.165, 1.54) is 7.11 Å². The van der Waals surface area contributed by atoms with Gasteiger partial charge < -0.3 is 14.4 Å². The molecule has 0 unspecified atom stereocenters. The third-order valence-corrected chi connectivity index (χ3v) is 4.19. The molecule has 8 nitrogen and oxygen atoms in total. The lowest BCUT2D eigenvalue weighted by Gasteiger charge is -2.35. The van der Waals surface area contributed by atoms with Gasteiger partial charge in [-0.3, -0.25) is 4.79 Å². The van der Waals surface area contributed by atoms with Crippen LogP contribution in [0.15, 0.2) is 18.3 Å². The predicted molar refractivity (Wildman–Crippen MR) is 91.0 cm³/mol. The van der Waals surface area contributed by atoms with E-state index in [2.05, 4.69) is 15.3 Å². The van der Waals surface area contributed by atoms with E-state index in [1.54, 1.807) is 23.0 Å². The number of aromatic nitrogens is 4. The van der Waals surface area contributed by atoms with Crippen LogP contribution in [-0.2, 0) is 11.2 Å². The third kappa shape index (κ3) is 3.48. The molecule has 3 heterocycles. The highest BCUT2D eigenvalue weighted by atomic mass is 16.5. The maximum atomic E-state index is 13.0. The van der Waals surface area contributed by atoms with Crippen LogP contribution in [0.5, 0.6) is 5.88 Å². The van der Waals surface area contributed by atoms with E-state index in [4.69, 9.17) is 9.47 Å². The summed E-state index contributed by atoms with van der Waals surface area (Å²) in [5.41, 5.74) is 1.41. The number of hydrogen-bond donors (Lipinski definition) is 0. The molecule has 2 atom stereocenters. The number of ether oxygens (including phenoxy) is 2. The van der Waals surface area contributed by atoms with Crippen molar-refractivity contribution in [1.29, 1.82) is 0 Å². The number of nitrogens with zero attached hydrogens (tertiary/aromatic N) is 5. The van der Waals surface area contributed by atoms with Gasteiger partial charge in [-0.25, -0.2) is 4.68 Å². The lowest BCUT2D eigenvalue weighted by Crippen LogP contribution is -2.48. The Balaban J connectivity index is 1.89. The van der Waals surface area contributed by atoms with Crippen molar-refractivity contribution in [3.8, 4) is 11.7 Å². The summed E-state index contributed by atoms with van der Waals surface area (Å²) in [6.45, 7) is 7.12. The van der Waals surface area contributed by atoms with Gasteiger partial charge in [0.1, 0.15) is 0 Å². The summed E-state index contributed by atoms with van der Waals surface area (Å²) in [5, 5.41) is 12.4. The van der Waals surface area contributed by atoms with E-state index in [0.29, 0.717) is 36.8 Å². The minimum atomic E-state index is -0.0217. The normalized spacial score (nSPS) is 20.6. The number of morpholine rings is 1. The Morgan fingerprint density at radius 3 is 2.56 bits per heavy atom. The summed E-state index contributed by atoms with van der Waals surface area (Å²) in [7, 11) is 1.54. The van der Waals surface area contributed by atoms with Gasteiger partial charge in [0, 0.05) is 19.2 Å². The molecule has 1 saturated heterocycles. The van der Waals surface area contributed by atoms with E-state index in [0.717, 1.165) is 5.69 Å². The SMILES string of the molecule is CCc1c(C(=O)N2C[C@@H](C)O[C@H](C)C2)cnn1-c1ccc(OC)nn1. The molecule has 8 heteroatoms. The second-order valence-corrected chi connectivity index (χ2v) is 6.17. The number of hydrogen-bond acceptors (Lipinski definition) is 6. The molecule has 1 aliphatic heterocycles. The van der Waals surface area contributed by atoms with Crippen LogP contribution in [0.3, 0.4) is 0 Å². The van der Waals surface area contributed by atoms with Crippen molar-refractivity contribution in [2.45, 2.75) is 39.4 Å². The first-order valence-electron chi connectivity index (χ1n) is 8.43. The van der Waals surface area contributed by atoms with Crippen LogP contribution in [0.2, 0.25) is 0 Å². The molecule has 1 aliphatic rings. The van der Waals surface area contributed by atoms with Crippen molar-refractivity contribution in [2.75, 3.05) is 20.2 Å². The summed E-state index contributed by atoms with van der Waals surface area (Å²) in [5.74, 6) is 0.966. The van der Waals surface area contributed by atoms with Gasteiger partial charge in [-0.1, -0.05) is 6.92 Å². The molecule has 0 radical (unpaired) electrons. The van der Waals surface area contributed by atoms with Crippen LogP contribution >= 0.6 is 0 Å². The highest BCUT2D eigenvalue weighted by molar-refractivity contribution is 5.95. The van der Waals surface area contributed by atoms with E-state index in [9.17, 15) is 4.79 Å². The Bertz CT molecular complexity index is 733. The van der Waals surface area contributed by atoms with Crippen molar-refractivity contribution in [2.24, 2.45) is 0 Å². The first-order valence-corrected chi connectivity index (χ1v) is 8.43. The quantitative estimate of drug-likeness (QED) is 0.835. The second kappa shape index (κ2) is 7.18. The van der Waals surface area contributed by atoms with Gasteiger partial charge in [0.05, 0.1) is 36.8 Å². The molecule has 134 valence electrons. The van der Waals surface area contributed by atoms with Crippen molar-refractivity contribution in [3.63, 3.8) is 0 Å². The summed E-state index contributed by atoms with van der Waals surface area (Å²) >= 11 is 0. The highest BCUT2D eigenvalue weighted by Gasteiger charge is 2.29. The van der Waals surface area contributed by atoms with Crippen molar-refractivity contribution < 1.29 is 14.3 Å². The van der Waals surface area contributed by atoms with Gasteiger partial charge in [-0.15, -0.1) is 10.2 Å². The van der Waals surface area contributed by atoms with Gasteiger partial charge >= 0.3 is 0 Å². The molecular formula is C17H23N5O3. The summed E-state index contributed by atoms with van der Waals surface area (Å²) < 4.78 is 12.4. The summed E-state index contributed by atoms with van der Waals surface area (Å²) in [6, 6.07) is 3.49. The Hall–Kier alpha value is -2.48. The second-order valence-electron chi connectivity index (χ2n) is 6.17. The lowest BCUT2D eigenvalue weighted by molar-refractivity contribution is -0.0586. The minimum absolute atomic E-state index is 0.0217. The van der Waals surface area contributed by atoms with Gasteiger partial charge in [0.15, 0.2) is 5.82 Å². The molecule has 0 spiro atoms. The average Bonchev–Trinajstić information content (AvgIpc) is 3.04. The largest absolute Gasteiger partial charge is 0.480 e. The zero-order valence-electron chi connectivity index (χ0n) is 15.0. The van der Waals surface area contributed by atoms with Gasteiger partial charge in [0.25, 0.3) is 5.91 Å². The fraction of sp³-hybridized carbons (Fsp3) is 0.529. The minimum Gasteiger partial charge on any atom is -0.480 e. The van der Waals surface area contributed by atoms with Gasteiger partial charge in [-0.2, -0.15) is 5.10 Å². The molecule has 2 aromatic rings. The molecule has 25 heavy (non-hydrogen) atoms. The first-order chi connectivity index (χ1) is 12.0. The fourth-order valence-electron chi connectivity index (χ4n) is 3.14. The molecule has 0 N–H and O–H groups in total. The molecule has 1 amide bonds. The fourth-order valence-corrected chi connectivity index (χ4v) is 3.14. The molecule has 0 aliphatic carbocycles. The standard InChI is InChI=1S/C17H23N5O3/c1-5-14-13(17(23)21-9-11(2)25-12(3)10-21)8-18-22(14)15-6-7-16(24-4)20-19-15/h6-8,11-12H,5,9-10H2,1-4H3/t11-,12-/m1/s1. The van der Waals surface area contributed by atoms with Crippen molar-refractivity contribution >= 4 is 5.91 Å². The zero-order valence-corrected chi connectivity index (χ0v) is 15.0. The average molecular weight is 345 g/mol. The molecule has 0 aromatic carbocycles. The number of rotatable bonds is 4. The number of carbonyl (C=O) groups excluding carboxylic acids is 1. The number of carbonyl (C=O) groups is 1. The molecule has 3 rings (SSSR count). The molecule has 0 bridgehead atoms. The molecule has 2 aromatic heterocycles. The Morgan fingerprint density at radius 2 is 2.00 bits per heavy atom. The topological polar surface area (TPSA) is 82.4 Å². The van der Waals surface area contributed by atoms with Crippen LogP contribution < -0.4 is 4.74 Å². The predicted octanol–water partition coefficient (Wildman–Crippen LogP) is 1.48. The third-order valence-electron chi connectivity index (χ3n) is 4.19. The first kappa shape index (κ1) is 17.3. The van der Waals surface area contributed by atoms with Crippen molar-refractivity contribution in [1.82, 2.24) is 24.9 Å². The van der Waals surface area contributed by atoms with Crippen LogP contribution in [0, 0.1) is 0 Å². The number of amides is 1. The van der Waals surface area contributed by atoms with Gasteiger partial charge in [-0.05, 0) is 26.3 Å². The van der Waals surface area contributed by atoms with Crippen molar-refractivity contribution in [3.05, 3.63) is 29.6 Å². The van der Waals surface area contributed by atoms with E-state index in [1.807, 2.05) is 25.7 Å². The maximum Gasteiger partial charge on any atom is 0.257 e. The zero-order chi connectivity index (χ0) is 18.0. The Kier molecular flexibility index (Phi) is 4.98. The summed E-state index contributed by atoms with van der Waals surface area (Å²) in [4.78, 5) is 14.8. The molecule has 1 fully saturated rings. The highest BCUT2D eigenvalue weighted by Crippen LogP contribution is 2.19. The Morgan fingerprint density at radius 1 is 1.28 bits per heavy atom.